The molecule has 1 atom stereocenters. The third kappa shape index (κ3) is 1.20. The number of amides is 1. The zero-order valence-corrected chi connectivity index (χ0v) is 6.02. The number of halogens is 1. The van der Waals surface area contributed by atoms with E-state index < -0.39 is 0 Å². The van der Waals surface area contributed by atoms with Crippen LogP contribution in [0.2, 0.25) is 0 Å². The number of thioether (sulfide) groups is 1. The van der Waals surface area contributed by atoms with Crippen molar-refractivity contribution in [2.24, 2.45) is 5.73 Å². The van der Waals surface area contributed by atoms with Crippen molar-refractivity contribution in [3.05, 3.63) is 10.6 Å². The number of carbonyl (C=O) groups excluding carboxylic acids is 1. The summed E-state index contributed by atoms with van der Waals surface area (Å²) in [6.45, 7) is 0. The average molecular weight is 165 g/mol. The summed E-state index contributed by atoms with van der Waals surface area (Å²) < 4.78 is 0. The molecule has 0 bridgehead atoms. The van der Waals surface area contributed by atoms with E-state index in [1.807, 2.05) is 0 Å². The van der Waals surface area contributed by atoms with Crippen LogP contribution >= 0.6 is 23.4 Å². The van der Waals surface area contributed by atoms with Crippen LogP contribution in [0, 0.1) is 0 Å². The lowest BCUT2D eigenvalue weighted by atomic mass is 10.8. The quantitative estimate of drug-likeness (QED) is 0.453. The van der Waals surface area contributed by atoms with Crippen LogP contribution in [0.25, 0.3) is 0 Å². The largest absolute Gasteiger partial charge is 0.302 e. The second-order valence-corrected chi connectivity index (χ2v) is 2.86. The van der Waals surface area contributed by atoms with Crippen molar-refractivity contribution in [3.63, 3.8) is 0 Å². The summed E-state index contributed by atoms with van der Waals surface area (Å²) >= 11 is 6.84. The molecule has 1 amide bonds. The molecule has 1 rings (SSSR count). The highest BCUT2D eigenvalue weighted by molar-refractivity contribution is 8.02. The molecule has 5 heteroatoms. The second kappa shape index (κ2) is 2.60. The summed E-state index contributed by atoms with van der Waals surface area (Å²) in [4.78, 5) is 11.4. The van der Waals surface area contributed by atoms with Gasteiger partial charge in [-0.1, -0.05) is 23.4 Å². The van der Waals surface area contributed by atoms with Gasteiger partial charge in [0.2, 0.25) is 6.41 Å². The summed E-state index contributed by atoms with van der Waals surface area (Å²) in [6.07, 6.45) is 0.615. The van der Waals surface area contributed by atoms with Gasteiger partial charge in [0.05, 0.1) is 0 Å². The zero-order valence-electron chi connectivity index (χ0n) is 4.45. The van der Waals surface area contributed by atoms with E-state index in [1.165, 1.54) is 16.7 Å². The molecule has 9 heavy (non-hydrogen) atoms. The van der Waals surface area contributed by atoms with Crippen molar-refractivity contribution in [1.29, 1.82) is 0 Å². The molecule has 50 valence electrons. The summed E-state index contributed by atoms with van der Waals surface area (Å²) in [5.41, 5.74) is 5.06. The summed E-state index contributed by atoms with van der Waals surface area (Å²) in [7, 11) is 0. The number of rotatable bonds is 1. The van der Waals surface area contributed by atoms with Gasteiger partial charge in [0.25, 0.3) is 0 Å². The molecule has 1 aliphatic rings. The van der Waals surface area contributed by atoms with Crippen LogP contribution in [0.15, 0.2) is 10.6 Å². The van der Waals surface area contributed by atoms with Crippen molar-refractivity contribution >= 4 is 29.8 Å². The maximum absolute atomic E-state index is 10.1. The van der Waals surface area contributed by atoms with Gasteiger partial charge in [0.15, 0.2) is 0 Å². The molecule has 0 fully saturated rings. The number of nitrogens with zero attached hydrogens (tertiary/aromatic N) is 1. The second-order valence-electron chi connectivity index (χ2n) is 1.48. The molecule has 0 saturated carbocycles. The highest BCUT2D eigenvalue weighted by atomic mass is 35.5. The van der Waals surface area contributed by atoms with E-state index in [0.29, 0.717) is 11.6 Å². The molecule has 0 aromatic heterocycles. The van der Waals surface area contributed by atoms with Crippen molar-refractivity contribution in [2.75, 3.05) is 0 Å². The number of hydrogen-bond acceptors (Lipinski definition) is 3. The summed E-state index contributed by atoms with van der Waals surface area (Å²) in [6, 6.07) is 0. The van der Waals surface area contributed by atoms with Gasteiger partial charge in [0.1, 0.15) is 10.7 Å². The molecule has 0 radical (unpaired) electrons. The highest BCUT2D eigenvalue weighted by Gasteiger charge is 2.20. The van der Waals surface area contributed by atoms with E-state index in [4.69, 9.17) is 17.3 Å². The lowest BCUT2D eigenvalue weighted by molar-refractivity contribution is -0.116. The molecule has 0 aliphatic carbocycles. The highest BCUT2D eigenvalue weighted by Crippen LogP contribution is 2.27. The topological polar surface area (TPSA) is 46.3 Å². The van der Waals surface area contributed by atoms with Crippen LogP contribution in [0.5, 0.6) is 0 Å². The van der Waals surface area contributed by atoms with Crippen molar-refractivity contribution < 1.29 is 4.79 Å². The first-order chi connectivity index (χ1) is 4.25. The van der Waals surface area contributed by atoms with Gasteiger partial charge in [-0.15, -0.1) is 0 Å². The monoisotopic (exact) mass is 164 g/mol. The standard InChI is InChI=1S/C4H5ClN2OS/c5-3-1-9-4(6)7(3)2-8/h1-2,4H,6H2. The maximum atomic E-state index is 10.1. The molecule has 0 spiro atoms. The third-order valence-electron chi connectivity index (χ3n) is 0.939. The van der Waals surface area contributed by atoms with Gasteiger partial charge < -0.3 is 5.73 Å². The first-order valence-corrected chi connectivity index (χ1v) is 3.58. The lowest BCUT2D eigenvalue weighted by Gasteiger charge is -2.13. The van der Waals surface area contributed by atoms with E-state index in [2.05, 4.69) is 0 Å². The van der Waals surface area contributed by atoms with E-state index in [-0.39, 0.29) is 5.50 Å². The van der Waals surface area contributed by atoms with E-state index >= 15 is 0 Å². The number of hydrogen-bond donors (Lipinski definition) is 1. The molecule has 0 aromatic rings. The molecule has 1 heterocycles. The minimum atomic E-state index is -0.338. The van der Waals surface area contributed by atoms with Crippen molar-refractivity contribution in [1.82, 2.24) is 4.90 Å². The van der Waals surface area contributed by atoms with Gasteiger partial charge >= 0.3 is 0 Å². The first kappa shape index (κ1) is 6.92. The van der Waals surface area contributed by atoms with Gasteiger partial charge in [-0.3, -0.25) is 9.69 Å². The van der Waals surface area contributed by atoms with Crippen LogP contribution in [-0.2, 0) is 4.79 Å². The Balaban J connectivity index is 2.67. The third-order valence-corrected chi connectivity index (χ3v) is 2.24. The lowest BCUT2D eigenvalue weighted by Crippen LogP contribution is -2.32. The minimum absolute atomic E-state index is 0.338. The molecule has 0 aromatic carbocycles. The predicted octanol–water partition coefficient (Wildman–Crippen LogP) is 0.472. The van der Waals surface area contributed by atoms with E-state index in [0.717, 1.165) is 0 Å². The summed E-state index contributed by atoms with van der Waals surface area (Å²) in [5.74, 6) is 0. The van der Waals surface area contributed by atoms with E-state index in [1.54, 1.807) is 5.41 Å². The Labute approximate surface area is 61.8 Å². The molecule has 1 aliphatic heterocycles. The SMILES string of the molecule is NC1SC=C(Cl)N1C=O. The van der Waals surface area contributed by atoms with Gasteiger partial charge in [0, 0.05) is 5.41 Å². The Morgan fingerprint density at radius 2 is 2.67 bits per heavy atom. The van der Waals surface area contributed by atoms with Crippen LogP contribution in [-0.4, -0.2) is 16.8 Å². The molecular formula is C4H5ClN2OS. The molecule has 0 saturated heterocycles. The van der Waals surface area contributed by atoms with Crippen LogP contribution in [0.1, 0.15) is 0 Å². The average Bonchev–Trinajstić information content (AvgIpc) is 2.12. The van der Waals surface area contributed by atoms with Gasteiger partial charge in [-0.05, 0) is 0 Å². The zero-order chi connectivity index (χ0) is 6.85. The fourth-order valence-corrected chi connectivity index (χ4v) is 1.51. The Morgan fingerprint density at radius 1 is 2.00 bits per heavy atom. The van der Waals surface area contributed by atoms with E-state index in [9.17, 15) is 4.79 Å². The van der Waals surface area contributed by atoms with Crippen molar-refractivity contribution in [2.45, 2.75) is 5.50 Å². The molecule has 2 N–H and O–H groups in total. The number of carbonyl (C=O) groups is 1. The predicted molar refractivity (Wildman–Crippen MR) is 37.4 cm³/mol. The fraction of sp³-hybridized carbons (Fsp3) is 0.250. The minimum Gasteiger partial charge on any atom is -0.302 e. The molecule has 3 nitrogen and oxygen atoms in total. The summed E-state index contributed by atoms with van der Waals surface area (Å²) in [5, 5.41) is 2.03. The Kier molecular flexibility index (Phi) is 2.00. The van der Waals surface area contributed by atoms with Gasteiger partial charge in [-0.2, -0.15) is 0 Å². The Morgan fingerprint density at radius 3 is 2.89 bits per heavy atom. The van der Waals surface area contributed by atoms with Crippen molar-refractivity contribution in [3.8, 4) is 0 Å². The van der Waals surface area contributed by atoms with Crippen LogP contribution in [0.4, 0.5) is 0 Å². The maximum Gasteiger partial charge on any atom is 0.216 e. The first-order valence-electron chi connectivity index (χ1n) is 2.26. The molecule has 1 unspecified atom stereocenters. The normalized spacial score (nSPS) is 26.2. The van der Waals surface area contributed by atoms with Crippen LogP contribution in [0.3, 0.4) is 0 Å². The molecular weight excluding hydrogens is 160 g/mol. The Bertz CT molecular complexity index is 161. The van der Waals surface area contributed by atoms with Crippen LogP contribution < -0.4 is 5.73 Å². The number of nitrogens with two attached hydrogens (primary N) is 1. The fourth-order valence-electron chi connectivity index (χ4n) is 0.484. The van der Waals surface area contributed by atoms with Gasteiger partial charge in [-0.25, -0.2) is 0 Å². The smallest absolute Gasteiger partial charge is 0.216 e. The Hall–Kier alpha value is -0.190.